The maximum Gasteiger partial charge on any atom is 0.261 e. The molecule has 0 heterocycles. The van der Waals surface area contributed by atoms with Crippen molar-refractivity contribution in [2.24, 2.45) is 5.92 Å². The summed E-state index contributed by atoms with van der Waals surface area (Å²) >= 11 is 0. The lowest BCUT2D eigenvalue weighted by molar-refractivity contribution is -0.143. The van der Waals surface area contributed by atoms with Gasteiger partial charge < -0.3 is 15.0 Å². The van der Waals surface area contributed by atoms with E-state index in [1.165, 1.54) is 24.3 Å². The molecule has 30 heavy (non-hydrogen) atoms. The third kappa shape index (κ3) is 6.87. The van der Waals surface area contributed by atoms with Crippen LogP contribution in [0.25, 0.3) is 0 Å². The van der Waals surface area contributed by atoms with Crippen LogP contribution in [0.15, 0.2) is 48.5 Å². The van der Waals surface area contributed by atoms with Gasteiger partial charge in [0.15, 0.2) is 6.61 Å². The van der Waals surface area contributed by atoms with Gasteiger partial charge in [-0.25, -0.2) is 4.39 Å². The van der Waals surface area contributed by atoms with Crippen molar-refractivity contribution in [2.75, 3.05) is 13.2 Å². The number of halogens is 1. The molecule has 2 aromatic carbocycles. The van der Waals surface area contributed by atoms with Crippen molar-refractivity contribution >= 4 is 11.8 Å². The Morgan fingerprint density at radius 3 is 2.37 bits per heavy atom. The maximum atomic E-state index is 13.1. The summed E-state index contributed by atoms with van der Waals surface area (Å²) in [5.41, 5.74) is 2.02. The number of hydrogen-bond donors (Lipinski definition) is 1. The van der Waals surface area contributed by atoms with E-state index in [2.05, 4.69) is 5.32 Å². The Labute approximate surface area is 178 Å². The molecule has 0 saturated carbocycles. The second kappa shape index (κ2) is 11.3. The van der Waals surface area contributed by atoms with Crippen LogP contribution in [0.4, 0.5) is 4.39 Å². The summed E-state index contributed by atoms with van der Waals surface area (Å²) in [6, 6.07) is 12.7. The molecule has 0 aliphatic rings. The fourth-order valence-corrected chi connectivity index (χ4v) is 3.07. The molecule has 162 valence electrons. The van der Waals surface area contributed by atoms with Crippen molar-refractivity contribution < 1.29 is 18.7 Å². The van der Waals surface area contributed by atoms with Gasteiger partial charge in [0.1, 0.15) is 17.6 Å². The van der Waals surface area contributed by atoms with Crippen molar-refractivity contribution in [1.82, 2.24) is 10.2 Å². The second-order valence-corrected chi connectivity index (χ2v) is 7.75. The van der Waals surface area contributed by atoms with Gasteiger partial charge in [-0.1, -0.05) is 45.0 Å². The first kappa shape index (κ1) is 23.4. The molecule has 0 aliphatic carbocycles. The van der Waals surface area contributed by atoms with Gasteiger partial charge >= 0.3 is 0 Å². The van der Waals surface area contributed by atoms with Crippen LogP contribution in [-0.4, -0.2) is 35.9 Å². The van der Waals surface area contributed by atoms with Crippen LogP contribution in [-0.2, 0) is 16.1 Å². The lowest BCUT2D eigenvalue weighted by Crippen LogP contribution is -2.50. The monoisotopic (exact) mass is 414 g/mol. The van der Waals surface area contributed by atoms with E-state index < -0.39 is 6.04 Å². The van der Waals surface area contributed by atoms with Gasteiger partial charge in [-0.15, -0.1) is 0 Å². The number of aryl methyl sites for hydroxylation is 1. The molecule has 2 aromatic rings. The zero-order chi connectivity index (χ0) is 22.1. The van der Waals surface area contributed by atoms with Gasteiger partial charge in [-0.2, -0.15) is 0 Å². The molecule has 1 atom stereocenters. The molecule has 0 saturated heterocycles. The molecule has 0 fully saturated rings. The number of nitrogens with zero attached hydrogens (tertiary/aromatic N) is 1. The van der Waals surface area contributed by atoms with E-state index in [4.69, 9.17) is 4.74 Å². The van der Waals surface area contributed by atoms with Gasteiger partial charge in [0, 0.05) is 13.1 Å². The molecular formula is C24H31FN2O3. The minimum atomic E-state index is -0.604. The smallest absolute Gasteiger partial charge is 0.261 e. The Morgan fingerprint density at radius 1 is 1.10 bits per heavy atom. The van der Waals surface area contributed by atoms with Crippen LogP contribution in [0.3, 0.4) is 0 Å². The number of ether oxygens (including phenoxy) is 1. The zero-order valence-corrected chi connectivity index (χ0v) is 18.2. The van der Waals surface area contributed by atoms with Crippen molar-refractivity contribution in [2.45, 2.75) is 46.7 Å². The Morgan fingerprint density at radius 2 is 1.77 bits per heavy atom. The number of benzene rings is 2. The molecule has 0 bridgehead atoms. The van der Waals surface area contributed by atoms with E-state index in [1.54, 1.807) is 4.90 Å². The molecule has 6 heteroatoms. The van der Waals surface area contributed by atoms with Crippen LogP contribution >= 0.6 is 0 Å². The van der Waals surface area contributed by atoms with E-state index in [9.17, 15) is 14.0 Å². The van der Waals surface area contributed by atoms with Crippen LogP contribution in [0.2, 0.25) is 0 Å². The molecule has 0 spiro atoms. The van der Waals surface area contributed by atoms with E-state index in [0.29, 0.717) is 31.2 Å². The summed E-state index contributed by atoms with van der Waals surface area (Å²) in [5.74, 6) is -0.126. The minimum absolute atomic E-state index is 0.171. The highest BCUT2D eigenvalue weighted by Gasteiger charge is 2.29. The lowest BCUT2D eigenvalue weighted by atomic mass is 10.1. The van der Waals surface area contributed by atoms with Crippen molar-refractivity contribution in [3.8, 4) is 5.75 Å². The molecule has 5 nitrogen and oxygen atoms in total. The van der Waals surface area contributed by atoms with Gasteiger partial charge in [-0.3, -0.25) is 9.59 Å². The quantitative estimate of drug-likeness (QED) is 0.637. The number of rotatable bonds is 10. The third-order valence-electron chi connectivity index (χ3n) is 4.85. The summed E-state index contributed by atoms with van der Waals surface area (Å²) in [5, 5.41) is 2.93. The molecule has 2 rings (SSSR count). The lowest BCUT2D eigenvalue weighted by Gasteiger charge is -2.31. The van der Waals surface area contributed by atoms with Crippen LogP contribution < -0.4 is 10.1 Å². The number of amides is 2. The summed E-state index contributed by atoms with van der Waals surface area (Å²) < 4.78 is 18.6. The first-order valence-corrected chi connectivity index (χ1v) is 10.3. The predicted octanol–water partition coefficient (Wildman–Crippen LogP) is 4.09. The van der Waals surface area contributed by atoms with E-state index in [1.807, 2.05) is 52.0 Å². The predicted molar refractivity (Wildman–Crippen MR) is 116 cm³/mol. The normalized spacial score (nSPS) is 11.8. The Balaban J connectivity index is 2.19. The summed E-state index contributed by atoms with van der Waals surface area (Å²) in [6.07, 6.45) is 0.484. The Bertz CT molecular complexity index is 837. The van der Waals surface area contributed by atoms with Gasteiger partial charge in [0.05, 0.1) is 0 Å². The molecule has 2 amide bonds. The van der Waals surface area contributed by atoms with E-state index >= 15 is 0 Å². The first-order valence-electron chi connectivity index (χ1n) is 10.3. The summed E-state index contributed by atoms with van der Waals surface area (Å²) in [4.78, 5) is 27.5. The van der Waals surface area contributed by atoms with Gasteiger partial charge in [-0.05, 0) is 54.7 Å². The number of nitrogens with one attached hydrogen (secondary N) is 1. The van der Waals surface area contributed by atoms with Gasteiger partial charge in [0.2, 0.25) is 5.91 Å². The van der Waals surface area contributed by atoms with Gasteiger partial charge in [0.25, 0.3) is 5.91 Å². The highest BCUT2D eigenvalue weighted by molar-refractivity contribution is 5.88. The highest BCUT2D eigenvalue weighted by Crippen LogP contribution is 2.17. The summed E-state index contributed by atoms with van der Waals surface area (Å²) in [6.45, 7) is 8.54. The first-order chi connectivity index (χ1) is 14.3. The number of carbonyl (C=O) groups excluding carboxylic acids is 2. The summed E-state index contributed by atoms with van der Waals surface area (Å²) in [7, 11) is 0. The number of hydrogen-bond acceptors (Lipinski definition) is 3. The minimum Gasteiger partial charge on any atom is -0.484 e. The maximum absolute atomic E-state index is 13.1. The molecule has 0 unspecified atom stereocenters. The van der Waals surface area contributed by atoms with Crippen molar-refractivity contribution in [3.63, 3.8) is 0 Å². The third-order valence-corrected chi connectivity index (χ3v) is 4.85. The zero-order valence-electron chi connectivity index (χ0n) is 18.2. The van der Waals surface area contributed by atoms with Crippen LogP contribution in [0.1, 0.15) is 38.3 Å². The largest absolute Gasteiger partial charge is 0.484 e. The van der Waals surface area contributed by atoms with Crippen LogP contribution in [0, 0.1) is 18.7 Å². The molecule has 0 aromatic heterocycles. The van der Waals surface area contributed by atoms with E-state index in [-0.39, 0.29) is 24.2 Å². The average Bonchev–Trinajstić information content (AvgIpc) is 2.72. The topological polar surface area (TPSA) is 58.6 Å². The molecular weight excluding hydrogens is 383 g/mol. The average molecular weight is 415 g/mol. The molecule has 1 N–H and O–H groups in total. The van der Waals surface area contributed by atoms with Crippen molar-refractivity contribution in [3.05, 3.63) is 65.5 Å². The Hall–Kier alpha value is -2.89. The molecule has 0 radical (unpaired) electrons. The Kier molecular flexibility index (Phi) is 8.84. The second-order valence-electron chi connectivity index (χ2n) is 7.75. The van der Waals surface area contributed by atoms with Crippen LogP contribution in [0.5, 0.6) is 5.75 Å². The SMILES string of the molecule is CC[C@@H](C(=O)NCC(C)C)N(Cc1ccccc1C)C(=O)COc1ccc(F)cc1. The highest BCUT2D eigenvalue weighted by atomic mass is 19.1. The molecule has 0 aliphatic heterocycles. The number of carbonyl (C=O) groups is 2. The fraction of sp³-hybridized carbons (Fsp3) is 0.417. The van der Waals surface area contributed by atoms with Crippen molar-refractivity contribution in [1.29, 1.82) is 0 Å². The fourth-order valence-electron chi connectivity index (χ4n) is 3.07. The standard InChI is InChI=1S/C24H31FN2O3/c1-5-22(24(29)26-14-17(2)3)27(15-19-9-7-6-8-18(19)4)23(28)16-30-21-12-10-20(25)11-13-21/h6-13,17,22H,5,14-16H2,1-4H3,(H,26,29)/t22-/m0/s1. The van der Waals surface area contributed by atoms with E-state index in [0.717, 1.165) is 11.1 Å².